The lowest BCUT2D eigenvalue weighted by Crippen LogP contribution is -2.15. The second-order valence-electron chi connectivity index (χ2n) is 6.43. The number of rotatable bonds is 2. The first-order valence-corrected chi connectivity index (χ1v) is 8.94. The van der Waals surface area contributed by atoms with Crippen molar-refractivity contribution in [1.29, 1.82) is 0 Å². The summed E-state index contributed by atoms with van der Waals surface area (Å²) in [6.45, 7) is 0.675. The number of benzene rings is 2. The number of nitrogen functional groups attached to an aromatic ring is 1. The van der Waals surface area contributed by atoms with Gasteiger partial charge >= 0.3 is 0 Å². The maximum absolute atomic E-state index is 13.8. The fourth-order valence-corrected chi connectivity index (χ4v) is 3.59. The Kier molecular flexibility index (Phi) is 3.80. The molecule has 2 aromatic carbocycles. The van der Waals surface area contributed by atoms with Crippen LogP contribution in [0.15, 0.2) is 42.9 Å². The van der Waals surface area contributed by atoms with Crippen molar-refractivity contribution in [2.75, 3.05) is 17.2 Å². The molecule has 0 saturated carbocycles. The zero-order chi connectivity index (χ0) is 19.3. The molecule has 1 aliphatic rings. The zero-order valence-electron chi connectivity index (χ0n) is 14.5. The normalized spacial score (nSPS) is 13.1. The summed E-state index contributed by atoms with van der Waals surface area (Å²) in [6, 6.07) is 8.86. The summed E-state index contributed by atoms with van der Waals surface area (Å²) in [6.07, 6.45) is 3.80. The van der Waals surface area contributed by atoms with Crippen molar-refractivity contribution in [2.45, 2.75) is 6.42 Å². The second kappa shape index (κ2) is 6.35. The molecule has 0 radical (unpaired) electrons. The average molecular weight is 394 g/mol. The molecule has 3 heterocycles. The second-order valence-corrected chi connectivity index (χ2v) is 6.83. The SMILES string of the molecule is Nc1ncc(-c2ccc3ncnc(N4CCc5cc(F)c(Cl)cc54)c3c2)nn1. The maximum atomic E-state index is 13.8. The summed E-state index contributed by atoms with van der Waals surface area (Å²) >= 11 is 6.01. The number of halogens is 2. The molecule has 0 atom stereocenters. The monoisotopic (exact) mass is 393 g/mol. The van der Waals surface area contributed by atoms with Crippen LogP contribution in [0.4, 0.5) is 21.8 Å². The Labute approximate surface area is 164 Å². The predicted molar refractivity (Wildman–Crippen MR) is 105 cm³/mol. The average Bonchev–Trinajstić information content (AvgIpc) is 3.10. The van der Waals surface area contributed by atoms with Gasteiger partial charge in [0.15, 0.2) is 0 Å². The van der Waals surface area contributed by atoms with Gasteiger partial charge in [0.05, 0.1) is 16.7 Å². The summed E-state index contributed by atoms with van der Waals surface area (Å²) in [5.41, 5.74) is 9.47. The first-order chi connectivity index (χ1) is 13.6. The van der Waals surface area contributed by atoms with Crippen LogP contribution in [-0.2, 0) is 6.42 Å². The van der Waals surface area contributed by atoms with E-state index in [-0.39, 0.29) is 11.0 Å². The number of hydrogen-bond acceptors (Lipinski definition) is 7. The molecule has 4 aromatic rings. The van der Waals surface area contributed by atoms with Gasteiger partial charge < -0.3 is 10.6 Å². The molecular weight excluding hydrogens is 381 g/mol. The van der Waals surface area contributed by atoms with E-state index in [1.165, 1.54) is 12.4 Å². The van der Waals surface area contributed by atoms with Crippen LogP contribution in [-0.4, -0.2) is 31.7 Å². The van der Waals surface area contributed by atoms with Gasteiger partial charge in [0.1, 0.15) is 23.7 Å². The Morgan fingerprint density at radius 3 is 2.79 bits per heavy atom. The highest BCUT2D eigenvalue weighted by Gasteiger charge is 2.25. The molecule has 2 N–H and O–H groups in total. The van der Waals surface area contributed by atoms with Gasteiger partial charge in [-0.25, -0.2) is 19.3 Å². The molecule has 0 fully saturated rings. The van der Waals surface area contributed by atoms with Gasteiger partial charge in [-0.1, -0.05) is 17.7 Å². The van der Waals surface area contributed by atoms with E-state index < -0.39 is 5.82 Å². The lowest BCUT2D eigenvalue weighted by atomic mass is 10.1. The van der Waals surface area contributed by atoms with Gasteiger partial charge in [0.2, 0.25) is 5.95 Å². The highest BCUT2D eigenvalue weighted by Crippen LogP contribution is 2.39. The Bertz CT molecular complexity index is 1210. The van der Waals surface area contributed by atoms with Crippen LogP contribution >= 0.6 is 11.6 Å². The van der Waals surface area contributed by atoms with Crippen molar-refractivity contribution in [3.63, 3.8) is 0 Å². The largest absolute Gasteiger partial charge is 0.366 e. The summed E-state index contributed by atoms with van der Waals surface area (Å²) in [5.74, 6) is 0.433. The first kappa shape index (κ1) is 16.8. The van der Waals surface area contributed by atoms with E-state index in [1.54, 1.807) is 12.3 Å². The topological polar surface area (TPSA) is 93.7 Å². The van der Waals surface area contributed by atoms with Crippen LogP contribution in [0.3, 0.4) is 0 Å². The summed E-state index contributed by atoms with van der Waals surface area (Å²) in [7, 11) is 0. The van der Waals surface area contributed by atoms with E-state index in [4.69, 9.17) is 17.3 Å². The third-order valence-corrected chi connectivity index (χ3v) is 5.05. The van der Waals surface area contributed by atoms with Gasteiger partial charge in [-0.05, 0) is 36.2 Å². The van der Waals surface area contributed by atoms with Crippen molar-refractivity contribution >= 4 is 40.0 Å². The van der Waals surface area contributed by atoms with Gasteiger partial charge in [-0.3, -0.25) is 0 Å². The fourth-order valence-electron chi connectivity index (χ4n) is 3.44. The number of hydrogen-bond donors (Lipinski definition) is 1. The van der Waals surface area contributed by atoms with Crippen molar-refractivity contribution in [3.05, 3.63) is 59.3 Å². The minimum Gasteiger partial charge on any atom is -0.366 e. The van der Waals surface area contributed by atoms with E-state index in [0.29, 0.717) is 18.7 Å². The van der Waals surface area contributed by atoms with Gasteiger partial charge in [-0.2, -0.15) is 0 Å². The van der Waals surface area contributed by atoms with Crippen molar-refractivity contribution in [3.8, 4) is 11.3 Å². The standard InChI is InChI=1S/C19H13ClFN7/c20-13-7-17-11(6-14(13)21)3-4-28(17)18-12-5-10(1-2-15(12)24-9-25-18)16-8-23-19(22)27-26-16/h1-2,5-9H,3-4H2,(H2,22,23,27). The minimum absolute atomic E-state index is 0.0907. The maximum Gasteiger partial charge on any atom is 0.240 e. The molecule has 138 valence electrons. The number of nitrogens with zero attached hydrogens (tertiary/aromatic N) is 6. The summed E-state index contributed by atoms with van der Waals surface area (Å²) < 4.78 is 13.8. The van der Waals surface area contributed by atoms with Gasteiger partial charge in [-0.15, -0.1) is 10.2 Å². The molecule has 0 bridgehead atoms. The fraction of sp³-hybridized carbons (Fsp3) is 0.105. The lowest BCUT2D eigenvalue weighted by molar-refractivity contribution is 0.627. The van der Waals surface area contributed by atoms with E-state index in [0.717, 1.165) is 33.5 Å². The smallest absolute Gasteiger partial charge is 0.240 e. The highest BCUT2D eigenvalue weighted by atomic mass is 35.5. The molecule has 2 aromatic heterocycles. The van der Waals surface area contributed by atoms with Crippen LogP contribution in [0.1, 0.15) is 5.56 Å². The number of fused-ring (bicyclic) bond motifs is 2. The van der Waals surface area contributed by atoms with Crippen molar-refractivity contribution in [2.24, 2.45) is 0 Å². The number of aromatic nitrogens is 5. The highest BCUT2D eigenvalue weighted by molar-refractivity contribution is 6.31. The zero-order valence-corrected chi connectivity index (χ0v) is 15.2. The Morgan fingerprint density at radius 2 is 1.96 bits per heavy atom. The van der Waals surface area contributed by atoms with Crippen molar-refractivity contribution in [1.82, 2.24) is 25.1 Å². The molecule has 5 rings (SSSR count). The Hall–Kier alpha value is -3.39. The predicted octanol–water partition coefficient (Wildman–Crippen LogP) is 3.55. The molecule has 0 aliphatic carbocycles. The molecule has 28 heavy (non-hydrogen) atoms. The van der Waals surface area contributed by atoms with Crippen LogP contribution in [0.2, 0.25) is 5.02 Å². The van der Waals surface area contributed by atoms with E-state index >= 15 is 0 Å². The minimum atomic E-state index is -0.411. The van der Waals surface area contributed by atoms with E-state index in [1.807, 2.05) is 23.1 Å². The molecular formula is C19H13ClFN7. The van der Waals surface area contributed by atoms with Gasteiger partial charge in [0, 0.05) is 23.2 Å². The number of anilines is 3. The molecule has 1 aliphatic heterocycles. The number of nitrogens with two attached hydrogens (primary N) is 1. The molecule has 7 nitrogen and oxygen atoms in total. The third-order valence-electron chi connectivity index (χ3n) is 4.76. The lowest BCUT2D eigenvalue weighted by Gasteiger charge is -2.20. The summed E-state index contributed by atoms with van der Waals surface area (Å²) in [4.78, 5) is 14.9. The van der Waals surface area contributed by atoms with Crippen molar-refractivity contribution < 1.29 is 4.39 Å². The molecule has 0 spiro atoms. The molecule has 0 amide bonds. The Balaban J connectivity index is 1.66. The van der Waals surface area contributed by atoms with E-state index in [9.17, 15) is 4.39 Å². The van der Waals surface area contributed by atoms with E-state index in [2.05, 4.69) is 25.1 Å². The Morgan fingerprint density at radius 1 is 1.07 bits per heavy atom. The molecule has 9 heteroatoms. The van der Waals surface area contributed by atoms with Crippen LogP contribution < -0.4 is 10.6 Å². The molecule has 0 unspecified atom stereocenters. The quantitative estimate of drug-likeness (QED) is 0.556. The van der Waals surface area contributed by atoms with Crippen LogP contribution in [0.5, 0.6) is 0 Å². The first-order valence-electron chi connectivity index (χ1n) is 8.56. The third kappa shape index (κ3) is 2.69. The van der Waals surface area contributed by atoms with Crippen LogP contribution in [0.25, 0.3) is 22.2 Å². The van der Waals surface area contributed by atoms with Gasteiger partial charge in [0.25, 0.3) is 0 Å². The van der Waals surface area contributed by atoms with Crippen LogP contribution in [0, 0.1) is 5.82 Å². The molecule has 0 saturated heterocycles. The summed E-state index contributed by atoms with van der Waals surface area (Å²) in [5, 5.41) is 8.83.